The highest BCUT2D eigenvalue weighted by Crippen LogP contribution is 2.32. The smallest absolute Gasteiger partial charge is 0.158 e. The van der Waals surface area contributed by atoms with Crippen LogP contribution in [0.5, 0.6) is 0 Å². The number of hydrogen-bond donors (Lipinski definition) is 1. The van der Waals surface area contributed by atoms with Gasteiger partial charge in [0.15, 0.2) is 5.65 Å². The number of nitrogens with zero attached hydrogens (tertiary/aromatic N) is 3. The first-order valence-electron chi connectivity index (χ1n) is 7.71. The Labute approximate surface area is 154 Å². The molecule has 4 nitrogen and oxygen atoms in total. The van der Waals surface area contributed by atoms with Crippen molar-refractivity contribution >= 4 is 34.7 Å². The Bertz CT molecular complexity index is 1090. The standard InChI is InChI=1S/C19H14Cl2N4/c1-11-18(12-5-3-2-4-6-12)19(22)25-17(23-11)10-16(24-25)13-7-8-14(20)15(21)9-13/h2-10H,22H2,1H3. The summed E-state index contributed by atoms with van der Waals surface area (Å²) in [6.07, 6.45) is 0. The van der Waals surface area contributed by atoms with Crippen LogP contribution in [0.25, 0.3) is 28.0 Å². The fourth-order valence-electron chi connectivity index (χ4n) is 2.91. The van der Waals surface area contributed by atoms with E-state index >= 15 is 0 Å². The lowest BCUT2D eigenvalue weighted by Crippen LogP contribution is -2.05. The number of rotatable bonds is 2. The molecule has 0 amide bonds. The summed E-state index contributed by atoms with van der Waals surface area (Å²) in [6, 6.07) is 17.2. The Morgan fingerprint density at radius 2 is 1.68 bits per heavy atom. The van der Waals surface area contributed by atoms with Crippen LogP contribution in [0, 0.1) is 6.92 Å². The lowest BCUT2D eigenvalue weighted by Gasteiger charge is -2.10. The molecule has 0 bridgehead atoms. The van der Waals surface area contributed by atoms with Crippen LogP contribution in [-0.2, 0) is 0 Å². The van der Waals surface area contributed by atoms with Gasteiger partial charge < -0.3 is 5.73 Å². The van der Waals surface area contributed by atoms with Crippen molar-refractivity contribution in [3.05, 3.63) is 70.3 Å². The zero-order valence-electron chi connectivity index (χ0n) is 13.4. The molecule has 0 spiro atoms. The number of anilines is 1. The minimum atomic E-state index is 0.485. The minimum absolute atomic E-state index is 0.485. The number of nitrogen functional groups attached to an aromatic ring is 1. The van der Waals surface area contributed by atoms with Gasteiger partial charge in [-0.1, -0.05) is 59.6 Å². The number of halogens is 2. The summed E-state index contributed by atoms with van der Waals surface area (Å²) in [4.78, 5) is 4.66. The van der Waals surface area contributed by atoms with Gasteiger partial charge in [-0.05, 0) is 24.6 Å². The molecule has 0 aliphatic rings. The molecule has 25 heavy (non-hydrogen) atoms. The van der Waals surface area contributed by atoms with E-state index in [9.17, 15) is 0 Å². The minimum Gasteiger partial charge on any atom is -0.383 e. The summed E-state index contributed by atoms with van der Waals surface area (Å²) < 4.78 is 1.66. The van der Waals surface area contributed by atoms with E-state index in [1.807, 2.05) is 49.4 Å². The second-order valence-electron chi connectivity index (χ2n) is 5.75. The highest BCUT2D eigenvalue weighted by atomic mass is 35.5. The molecular formula is C19H14Cl2N4. The van der Waals surface area contributed by atoms with Crippen molar-refractivity contribution < 1.29 is 0 Å². The number of fused-ring (bicyclic) bond motifs is 1. The van der Waals surface area contributed by atoms with E-state index in [1.165, 1.54) is 0 Å². The van der Waals surface area contributed by atoms with Crippen LogP contribution in [0.15, 0.2) is 54.6 Å². The number of benzene rings is 2. The average Bonchev–Trinajstić information content (AvgIpc) is 3.02. The highest BCUT2D eigenvalue weighted by molar-refractivity contribution is 6.42. The first kappa shape index (κ1) is 15.9. The molecule has 0 radical (unpaired) electrons. The van der Waals surface area contributed by atoms with E-state index in [4.69, 9.17) is 28.9 Å². The predicted molar refractivity (Wildman–Crippen MR) is 103 cm³/mol. The normalized spacial score (nSPS) is 11.2. The molecule has 0 saturated heterocycles. The summed E-state index contributed by atoms with van der Waals surface area (Å²) in [7, 11) is 0. The molecule has 2 aromatic heterocycles. The number of aromatic nitrogens is 3. The van der Waals surface area contributed by atoms with Crippen LogP contribution in [0.4, 0.5) is 5.82 Å². The van der Waals surface area contributed by atoms with Crippen molar-refractivity contribution in [3.8, 4) is 22.4 Å². The first-order chi connectivity index (χ1) is 12.0. The zero-order chi connectivity index (χ0) is 17.6. The summed E-state index contributed by atoms with van der Waals surface area (Å²) in [5, 5.41) is 5.60. The van der Waals surface area contributed by atoms with Crippen molar-refractivity contribution in [2.75, 3.05) is 5.73 Å². The number of nitrogens with two attached hydrogens (primary N) is 1. The summed E-state index contributed by atoms with van der Waals surface area (Å²) >= 11 is 12.1. The maximum absolute atomic E-state index is 6.41. The van der Waals surface area contributed by atoms with Crippen LogP contribution in [0.2, 0.25) is 10.0 Å². The maximum atomic E-state index is 6.41. The van der Waals surface area contributed by atoms with Gasteiger partial charge >= 0.3 is 0 Å². The van der Waals surface area contributed by atoms with Crippen molar-refractivity contribution in [2.24, 2.45) is 0 Å². The Morgan fingerprint density at radius 1 is 0.920 bits per heavy atom. The molecule has 0 unspecified atom stereocenters. The molecular weight excluding hydrogens is 355 g/mol. The highest BCUT2D eigenvalue weighted by Gasteiger charge is 2.15. The molecule has 0 aliphatic carbocycles. The quantitative estimate of drug-likeness (QED) is 0.524. The molecule has 0 saturated carbocycles. The van der Waals surface area contributed by atoms with Gasteiger partial charge in [-0.15, -0.1) is 0 Å². The Balaban J connectivity index is 1.92. The van der Waals surface area contributed by atoms with Gasteiger partial charge in [-0.2, -0.15) is 9.61 Å². The molecule has 2 aromatic carbocycles. The predicted octanol–water partition coefficient (Wildman–Crippen LogP) is 5.26. The van der Waals surface area contributed by atoms with Crippen LogP contribution in [0.1, 0.15) is 5.69 Å². The summed E-state index contributed by atoms with van der Waals surface area (Å²) in [6.45, 7) is 1.95. The molecule has 0 aliphatic heterocycles. The van der Waals surface area contributed by atoms with Gasteiger partial charge in [-0.3, -0.25) is 0 Å². The second-order valence-corrected chi connectivity index (χ2v) is 6.57. The second kappa shape index (κ2) is 6.06. The van der Waals surface area contributed by atoms with Gasteiger partial charge in [0, 0.05) is 17.2 Å². The van der Waals surface area contributed by atoms with Crippen molar-refractivity contribution in [1.29, 1.82) is 0 Å². The SMILES string of the molecule is Cc1nc2cc(-c3ccc(Cl)c(Cl)c3)nn2c(N)c1-c1ccccc1. The molecule has 0 fully saturated rings. The molecule has 2 N–H and O–H groups in total. The van der Waals surface area contributed by atoms with Crippen LogP contribution in [-0.4, -0.2) is 14.6 Å². The molecule has 4 rings (SSSR count). The van der Waals surface area contributed by atoms with Gasteiger partial charge in [0.1, 0.15) is 5.82 Å². The molecule has 124 valence electrons. The molecule has 4 aromatic rings. The average molecular weight is 369 g/mol. The van der Waals surface area contributed by atoms with Crippen LogP contribution >= 0.6 is 23.2 Å². The van der Waals surface area contributed by atoms with Gasteiger partial charge in [-0.25, -0.2) is 4.98 Å². The zero-order valence-corrected chi connectivity index (χ0v) is 14.9. The lowest BCUT2D eigenvalue weighted by atomic mass is 10.1. The van der Waals surface area contributed by atoms with Crippen molar-refractivity contribution in [1.82, 2.24) is 14.6 Å². The molecule has 2 heterocycles. The fraction of sp³-hybridized carbons (Fsp3) is 0.0526. The Hall–Kier alpha value is -2.56. The van der Waals surface area contributed by atoms with Crippen LogP contribution < -0.4 is 5.73 Å². The van der Waals surface area contributed by atoms with E-state index in [1.54, 1.807) is 16.6 Å². The monoisotopic (exact) mass is 368 g/mol. The summed E-state index contributed by atoms with van der Waals surface area (Å²) in [5.41, 5.74) is 11.5. The van der Waals surface area contributed by atoms with Crippen molar-refractivity contribution in [2.45, 2.75) is 6.92 Å². The topological polar surface area (TPSA) is 56.2 Å². The van der Waals surface area contributed by atoms with Crippen LogP contribution in [0.3, 0.4) is 0 Å². The molecule has 6 heteroatoms. The Kier molecular flexibility index (Phi) is 3.86. The third-order valence-electron chi connectivity index (χ3n) is 4.10. The number of aryl methyl sites for hydroxylation is 1. The largest absolute Gasteiger partial charge is 0.383 e. The third-order valence-corrected chi connectivity index (χ3v) is 4.84. The fourth-order valence-corrected chi connectivity index (χ4v) is 3.20. The van der Waals surface area contributed by atoms with Crippen molar-refractivity contribution in [3.63, 3.8) is 0 Å². The van der Waals surface area contributed by atoms with E-state index in [0.29, 0.717) is 21.5 Å². The van der Waals surface area contributed by atoms with Gasteiger partial charge in [0.05, 0.1) is 21.4 Å². The third kappa shape index (κ3) is 2.73. The number of hydrogen-bond acceptors (Lipinski definition) is 3. The van der Waals surface area contributed by atoms with Gasteiger partial charge in [0.2, 0.25) is 0 Å². The molecule has 0 atom stereocenters. The lowest BCUT2D eigenvalue weighted by molar-refractivity contribution is 0.948. The van der Waals surface area contributed by atoms with E-state index in [2.05, 4.69) is 10.1 Å². The van der Waals surface area contributed by atoms with E-state index < -0.39 is 0 Å². The Morgan fingerprint density at radius 3 is 2.40 bits per heavy atom. The first-order valence-corrected chi connectivity index (χ1v) is 8.47. The maximum Gasteiger partial charge on any atom is 0.158 e. The van der Waals surface area contributed by atoms with E-state index in [-0.39, 0.29) is 0 Å². The summed E-state index contributed by atoms with van der Waals surface area (Å²) in [5.74, 6) is 0.556. The van der Waals surface area contributed by atoms with Gasteiger partial charge in [0.25, 0.3) is 0 Å². The van der Waals surface area contributed by atoms with E-state index in [0.717, 1.165) is 28.1 Å².